The molecule has 28 heavy (non-hydrogen) atoms. The molecule has 2 aromatic rings. The predicted molar refractivity (Wildman–Crippen MR) is 109 cm³/mol. The fraction of sp³-hybridized carbons (Fsp3) is 0.381. The van der Waals surface area contributed by atoms with Crippen LogP contribution in [0.3, 0.4) is 0 Å². The summed E-state index contributed by atoms with van der Waals surface area (Å²) < 4.78 is 5.90. The average Bonchev–Trinajstić information content (AvgIpc) is 2.66. The van der Waals surface area contributed by atoms with Gasteiger partial charge in [0.2, 0.25) is 5.91 Å². The van der Waals surface area contributed by atoms with Crippen LogP contribution in [0.1, 0.15) is 31.0 Å². The van der Waals surface area contributed by atoms with E-state index in [0.29, 0.717) is 17.9 Å². The number of aliphatic hydroxyl groups is 1. The number of rotatable bonds is 6. The number of phenols is 1. The van der Waals surface area contributed by atoms with Gasteiger partial charge in [0, 0.05) is 11.6 Å². The van der Waals surface area contributed by atoms with Gasteiger partial charge in [-0.2, -0.15) is 0 Å². The molecule has 2 unspecified atom stereocenters. The summed E-state index contributed by atoms with van der Waals surface area (Å²) in [6.45, 7) is 4.24. The third kappa shape index (κ3) is 4.41. The first kappa shape index (κ1) is 20.5. The van der Waals surface area contributed by atoms with Gasteiger partial charge in [-0.15, -0.1) is 11.6 Å². The third-order valence-corrected chi connectivity index (χ3v) is 5.12. The monoisotopic (exact) mass is 404 g/mol. The molecule has 0 aromatic heterocycles. The SMILES string of the molecule is CC1(C)Oc2cc(O)c(NC(=O)CCl)cc2C(NCCc2ccccc2)C1O. The molecule has 0 saturated heterocycles. The highest BCUT2D eigenvalue weighted by Crippen LogP contribution is 2.44. The molecule has 1 amide bonds. The molecular weight excluding hydrogens is 380 g/mol. The Labute approximate surface area is 169 Å². The number of hydrogen-bond donors (Lipinski definition) is 4. The summed E-state index contributed by atoms with van der Waals surface area (Å²) in [5, 5.41) is 27.1. The smallest absolute Gasteiger partial charge is 0.239 e. The molecule has 1 aliphatic rings. The zero-order valence-corrected chi connectivity index (χ0v) is 16.7. The van der Waals surface area contributed by atoms with Gasteiger partial charge in [0.15, 0.2) is 0 Å². The van der Waals surface area contributed by atoms with Gasteiger partial charge in [-0.1, -0.05) is 30.3 Å². The highest BCUT2D eigenvalue weighted by atomic mass is 35.5. The average molecular weight is 405 g/mol. The molecule has 0 saturated carbocycles. The Morgan fingerprint density at radius 3 is 2.64 bits per heavy atom. The van der Waals surface area contributed by atoms with Crippen LogP contribution >= 0.6 is 11.6 Å². The van der Waals surface area contributed by atoms with E-state index >= 15 is 0 Å². The number of benzene rings is 2. The highest BCUT2D eigenvalue weighted by molar-refractivity contribution is 6.29. The summed E-state index contributed by atoms with van der Waals surface area (Å²) in [5.41, 5.74) is 1.25. The molecule has 0 spiro atoms. The fourth-order valence-electron chi connectivity index (χ4n) is 3.35. The summed E-state index contributed by atoms with van der Waals surface area (Å²) in [6.07, 6.45) is -0.0221. The summed E-state index contributed by atoms with van der Waals surface area (Å²) in [5.74, 6) is -0.300. The maximum absolute atomic E-state index is 11.6. The van der Waals surface area contributed by atoms with E-state index in [2.05, 4.69) is 22.8 Å². The van der Waals surface area contributed by atoms with Crippen LogP contribution in [0.25, 0.3) is 0 Å². The maximum Gasteiger partial charge on any atom is 0.239 e. The molecule has 1 heterocycles. The summed E-state index contributed by atoms with van der Waals surface area (Å²) >= 11 is 5.54. The third-order valence-electron chi connectivity index (χ3n) is 4.88. The number of hydrogen-bond acceptors (Lipinski definition) is 5. The van der Waals surface area contributed by atoms with Gasteiger partial charge in [0.25, 0.3) is 0 Å². The van der Waals surface area contributed by atoms with Crippen LogP contribution in [-0.4, -0.2) is 40.3 Å². The van der Waals surface area contributed by atoms with Crippen molar-refractivity contribution in [2.24, 2.45) is 0 Å². The summed E-state index contributed by atoms with van der Waals surface area (Å²) in [7, 11) is 0. The molecule has 6 nitrogen and oxygen atoms in total. The first-order valence-electron chi connectivity index (χ1n) is 9.19. The van der Waals surface area contributed by atoms with E-state index < -0.39 is 23.7 Å². The Morgan fingerprint density at radius 2 is 1.96 bits per heavy atom. The number of aromatic hydroxyl groups is 1. The number of fused-ring (bicyclic) bond motifs is 1. The maximum atomic E-state index is 11.6. The lowest BCUT2D eigenvalue weighted by Crippen LogP contribution is -2.52. The van der Waals surface area contributed by atoms with E-state index in [9.17, 15) is 15.0 Å². The van der Waals surface area contributed by atoms with E-state index in [1.54, 1.807) is 19.9 Å². The first-order chi connectivity index (χ1) is 13.3. The van der Waals surface area contributed by atoms with Crippen LogP contribution in [0.2, 0.25) is 0 Å². The number of aliphatic hydroxyl groups excluding tert-OH is 1. The second-order valence-corrected chi connectivity index (χ2v) is 7.67. The second-order valence-electron chi connectivity index (χ2n) is 7.41. The number of carbonyl (C=O) groups excluding carboxylic acids is 1. The number of anilines is 1. The number of halogens is 1. The zero-order valence-electron chi connectivity index (χ0n) is 15.9. The lowest BCUT2D eigenvalue weighted by Gasteiger charge is -2.42. The van der Waals surface area contributed by atoms with Crippen molar-refractivity contribution in [2.75, 3.05) is 17.7 Å². The number of ether oxygens (including phenoxy) is 1. The number of amides is 1. The number of nitrogens with one attached hydrogen (secondary N) is 2. The van der Waals surface area contributed by atoms with Crippen molar-refractivity contribution in [3.05, 3.63) is 53.6 Å². The lowest BCUT2D eigenvalue weighted by atomic mass is 9.86. The second kappa shape index (κ2) is 8.39. The van der Waals surface area contributed by atoms with E-state index in [-0.39, 0.29) is 17.3 Å². The highest BCUT2D eigenvalue weighted by Gasteiger charge is 2.43. The molecule has 3 rings (SSSR count). The van der Waals surface area contributed by atoms with Crippen molar-refractivity contribution in [2.45, 2.75) is 38.0 Å². The van der Waals surface area contributed by atoms with Crippen molar-refractivity contribution < 1.29 is 19.7 Å². The van der Waals surface area contributed by atoms with Gasteiger partial charge in [-0.3, -0.25) is 4.79 Å². The normalized spacial score (nSPS) is 20.1. The summed E-state index contributed by atoms with van der Waals surface area (Å²) in [4.78, 5) is 11.6. The molecule has 0 aliphatic carbocycles. The largest absolute Gasteiger partial charge is 0.506 e. The first-order valence-corrected chi connectivity index (χ1v) is 9.72. The predicted octanol–water partition coefficient (Wildman–Crippen LogP) is 2.97. The Kier molecular flexibility index (Phi) is 6.13. The van der Waals surface area contributed by atoms with Crippen molar-refractivity contribution in [1.82, 2.24) is 5.32 Å². The topological polar surface area (TPSA) is 90.8 Å². The molecule has 0 radical (unpaired) electrons. The number of phenolic OH excluding ortho intramolecular Hbond substituents is 1. The van der Waals surface area contributed by atoms with Gasteiger partial charge < -0.3 is 25.6 Å². The summed E-state index contributed by atoms with van der Waals surface area (Å²) in [6, 6.07) is 12.7. The van der Waals surface area contributed by atoms with Crippen LogP contribution in [0.15, 0.2) is 42.5 Å². The van der Waals surface area contributed by atoms with Crippen LogP contribution in [-0.2, 0) is 11.2 Å². The minimum Gasteiger partial charge on any atom is -0.506 e. The standard InChI is InChI=1S/C21H25ClN2O4/c1-21(2)20(27)19(23-9-8-13-6-4-3-5-7-13)14-10-15(24-18(26)12-22)16(25)11-17(14)28-21/h3-7,10-11,19-20,23,25,27H,8-9,12H2,1-2H3,(H,24,26). The fourth-order valence-corrected chi connectivity index (χ4v) is 3.42. The van der Waals surface area contributed by atoms with Gasteiger partial charge in [-0.25, -0.2) is 0 Å². The Balaban J connectivity index is 1.86. The van der Waals surface area contributed by atoms with E-state index in [1.165, 1.54) is 11.6 Å². The molecule has 7 heteroatoms. The van der Waals surface area contributed by atoms with Gasteiger partial charge in [-0.05, 0) is 38.4 Å². The Hall–Kier alpha value is -2.28. The van der Waals surface area contributed by atoms with E-state index in [1.807, 2.05) is 18.2 Å². The lowest BCUT2D eigenvalue weighted by molar-refractivity contribution is -0.113. The molecule has 2 aromatic carbocycles. The molecule has 1 aliphatic heterocycles. The zero-order chi connectivity index (χ0) is 20.3. The van der Waals surface area contributed by atoms with Gasteiger partial charge in [0.1, 0.15) is 29.1 Å². The van der Waals surface area contributed by atoms with E-state index in [0.717, 1.165) is 6.42 Å². The quantitative estimate of drug-likeness (QED) is 0.439. The Bertz CT molecular complexity index is 842. The number of alkyl halides is 1. The molecular formula is C21H25ClN2O4. The van der Waals surface area contributed by atoms with Crippen molar-refractivity contribution in [3.63, 3.8) is 0 Å². The van der Waals surface area contributed by atoms with Crippen molar-refractivity contribution in [1.29, 1.82) is 0 Å². The van der Waals surface area contributed by atoms with E-state index in [4.69, 9.17) is 16.3 Å². The van der Waals surface area contributed by atoms with Crippen LogP contribution < -0.4 is 15.4 Å². The van der Waals surface area contributed by atoms with Crippen LogP contribution in [0.5, 0.6) is 11.5 Å². The molecule has 4 N–H and O–H groups in total. The molecule has 0 fully saturated rings. The Morgan fingerprint density at radius 1 is 1.25 bits per heavy atom. The minimum atomic E-state index is -0.843. The molecule has 2 atom stereocenters. The number of carbonyl (C=O) groups is 1. The molecule has 0 bridgehead atoms. The van der Waals surface area contributed by atoms with Crippen molar-refractivity contribution in [3.8, 4) is 11.5 Å². The van der Waals surface area contributed by atoms with Crippen molar-refractivity contribution >= 4 is 23.2 Å². The van der Waals surface area contributed by atoms with Crippen LogP contribution in [0.4, 0.5) is 5.69 Å². The minimum absolute atomic E-state index is 0.118. The van der Waals surface area contributed by atoms with Gasteiger partial charge >= 0.3 is 0 Å². The van der Waals surface area contributed by atoms with Crippen LogP contribution in [0, 0.1) is 0 Å². The molecule has 150 valence electrons. The van der Waals surface area contributed by atoms with Gasteiger partial charge in [0.05, 0.1) is 11.7 Å².